The van der Waals surface area contributed by atoms with Gasteiger partial charge in [-0.3, -0.25) is 4.79 Å². The van der Waals surface area contributed by atoms with E-state index in [9.17, 15) is 4.79 Å². The lowest BCUT2D eigenvalue weighted by Crippen LogP contribution is -2.15. The molecule has 3 N–H and O–H groups in total. The van der Waals surface area contributed by atoms with E-state index in [-0.39, 0.29) is 12.3 Å². The first-order valence-electron chi connectivity index (χ1n) is 5.64. The third kappa shape index (κ3) is 3.81. The largest absolute Gasteiger partial charge is 0.398 e. The summed E-state index contributed by atoms with van der Waals surface area (Å²) in [4.78, 5) is 12.0. The van der Waals surface area contributed by atoms with E-state index >= 15 is 0 Å². The number of hydrogen-bond acceptors (Lipinski definition) is 2. The van der Waals surface area contributed by atoms with Gasteiger partial charge in [0.2, 0.25) is 5.91 Å². The van der Waals surface area contributed by atoms with Gasteiger partial charge < -0.3 is 11.1 Å². The average Bonchev–Trinajstić information content (AvgIpc) is 2.37. The summed E-state index contributed by atoms with van der Waals surface area (Å²) in [6.07, 6.45) is 0.256. The van der Waals surface area contributed by atoms with Crippen molar-refractivity contribution < 1.29 is 4.79 Å². The molecule has 0 aliphatic rings. The van der Waals surface area contributed by atoms with E-state index in [2.05, 4.69) is 37.2 Å². The molecule has 0 saturated carbocycles. The molecule has 0 heterocycles. The van der Waals surface area contributed by atoms with Crippen LogP contribution in [-0.4, -0.2) is 5.91 Å². The zero-order chi connectivity index (χ0) is 13.8. The molecule has 0 saturated heterocycles. The second-order valence-electron chi connectivity index (χ2n) is 4.05. The minimum absolute atomic E-state index is 0.100. The zero-order valence-electron chi connectivity index (χ0n) is 9.99. The number of amides is 1. The zero-order valence-corrected chi connectivity index (χ0v) is 13.2. The lowest BCUT2D eigenvalue weighted by Gasteiger charge is -2.09. The Kier molecular flexibility index (Phi) is 4.61. The van der Waals surface area contributed by atoms with Crippen LogP contribution in [0.3, 0.4) is 0 Å². The summed E-state index contributed by atoms with van der Waals surface area (Å²) in [6, 6.07) is 13.0. The monoisotopic (exact) mass is 382 g/mol. The number of halogens is 2. The highest BCUT2D eigenvalue weighted by molar-refractivity contribution is 9.11. The van der Waals surface area contributed by atoms with Gasteiger partial charge in [0.05, 0.1) is 12.1 Å². The molecule has 2 aromatic carbocycles. The van der Waals surface area contributed by atoms with Crippen LogP contribution in [0.25, 0.3) is 0 Å². The molecule has 0 unspecified atom stereocenters. The van der Waals surface area contributed by atoms with Crippen LogP contribution in [0.5, 0.6) is 0 Å². The maximum absolute atomic E-state index is 12.0. The summed E-state index contributed by atoms with van der Waals surface area (Å²) in [5.41, 5.74) is 8.01. The molecular weight excluding hydrogens is 372 g/mol. The molecular formula is C14H12Br2N2O. The molecule has 0 aliphatic heterocycles. The molecule has 0 bridgehead atoms. The van der Waals surface area contributed by atoms with E-state index in [0.29, 0.717) is 5.69 Å². The fourth-order valence-electron chi connectivity index (χ4n) is 1.66. The van der Waals surface area contributed by atoms with Crippen molar-refractivity contribution in [1.82, 2.24) is 0 Å². The van der Waals surface area contributed by atoms with E-state index in [0.717, 1.165) is 20.2 Å². The van der Waals surface area contributed by atoms with E-state index in [1.54, 1.807) is 6.07 Å². The van der Waals surface area contributed by atoms with Crippen molar-refractivity contribution >= 4 is 49.1 Å². The SMILES string of the molecule is Nc1ccccc1CC(=O)Nc1cc(Br)ccc1Br. The van der Waals surface area contributed by atoms with Crippen molar-refractivity contribution in [3.63, 3.8) is 0 Å². The lowest BCUT2D eigenvalue weighted by atomic mass is 10.1. The van der Waals surface area contributed by atoms with Gasteiger partial charge in [-0.25, -0.2) is 0 Å². The number of nitrogen functional groups attached to an aromatic ring is 1. The Balaban J connectivity index is 2.10. The van der Waals surface area contributed by atoms with Crippen LogP contribution in [0.2, 0.25) is 0 Å². The van der Waals surface area contributed by atoms with Gasteiger partial charge in [0.1, 0.15) is 0 Å². The van der Waals surface area contributed by atoms with Crippen LogP contribution in [-0.2, 0) is 11.2 Å². The summed E-state index contributed by atoms with van der Waals surface area (Å²) in [5, 5.41) is 2.86. The molecule has 98 valence electrons. The number of para-hydroxylation sites is 1. The van der Waals surface area contributed by atoms with E-state index < -0.39 is 0 Å². The Morgan fingerprint density at radius 2 is 1.89 bits per heavy atom. The average molecular weight is 384 g/mol. The summed E-state index contributed by atoms with van der Waals surface area (Å²) in [6.45, 7) is 0. The van der Waals surface area contributed by atoms with Gasteiger partial charge in [-0.05, 0) is 45.8 Å². The molecule has 0 radical (unpaired) electrons. The third-order valence-corrected chi connectivity index (χ3v) is 3.79. The van der Waals surface area contributed by atoms with Crippen molar-refractivity contribution in [3.8, 4) is 0 Å². The predicted molar refractivity (Wildman–Crippen MR) is 85.0 cm³/mol. The first-order valence-corrected chi connectivity index (χ1v) is 7.23. The number of carbonyl (C=O) groups excluding carboxylic acids is 1. The Morgan fingerprint density at radius 1 is 1.16 bits per heavy atom. The standard InChI is InChI=1S/C14H12Br2N2O/c15-10-5-6-11(16)13(8-10)18-14(19)7-9-3-1-2-4-12(9)17/h1-6,8H,7,17H2,(H,18,19). The smallest absolute Gasteiger partial charge is 0.228 e. The van der Waals surface area contributed by atoms with Crippen LogP contribution in [0, 0.1) is 0 Å². The number of nitrogens with two attached hydrogens (primary N) is 1. The van der Waals surface area contributed by atoms with Crippen LogP contribution < -0.4 is 11.1 Å². The molecule has 0 spiro atoms. The van der Waals surface area contributed by atoms with Gasteiger partial charge in [-0.15, -0.1) is 0 Å². The highest BCUT2D eigenvalue weighted by Crippen LogP contribution is 2.26. The molecule has 0 fully saturated rings. The second-order valence-corrected chi connectivity index (χ2v) is 5.82. The lowest BCUT2D eigenvalue weighted by molar-refractivity contribution is -0.115. The van der Waals surface area contributed by atoms with Gasteiger partial charge in [0.25, 0.3) is 0 Å². The van der Waals surface area contributed by atoms with Crippen molar-refractivity contribution in [1.29, 1.82) is 0 Å². The number of rotatable bonds is 3. The van der Waals surface area contributed by atoms with Crippen LogP contribution in [0.1, 0.15) is 5.56 Å². The van der Waals surface area contributed by atoms with Gasteiger partial charge in [-0.1, -0.05) is 34.1 Å². The van der Waals surface area contributed by atoms with E-state index in [1.807, 2.05) is 36.4 Å². The minimum Gasteiger partial charge on any atom is -0.398 e. The Morgan fingerprint density at radius 3 is 2.63 bits per heavy atom. The normalized spacial score (nSPS) is 10.2. The highest BCUT2D eigenvalue weighted by Gasteiger charge is 2.08. The topological polar surface area (TPSA) is 55.1 Å². The molecule has 1 amide bonds. The van der Waals surface area contributed by atoms with Crippen molar-refractivity contribution in [2.75, 3.05) is 11.1 Å². The number of benzene rings is 2. The molecule has 0 aromatic heterocycles. The summed E-state index contributed by atoms with van der Waals surface area (Å²) in [5.74, 6) is -0.100. The fourth-order valence-corrected chi connectivity index (χ4v) is 2.36. The van der Waals surface area contributed by atoms with E-state index in [4.69, 9.17) is 5.73 Å². The molecule has 19 heavy (non-hydrogen) atoms. The van der Waals surface area contributed by atoms with Crippen molar-refractivity contribution in [2.24, 2.45) is 0 Å². The molecule has 2 aromatic rings. The van der Waals surface area contributed by atoms with Crippen LogP contribution >= 0.6 is 31.9 Å². The summed E-state index contributed by atoms with van der Waals surface area (Å²) >= 11 is 6.77. The summed E-state index contributed by atoms with van der Waals surface area (Å²) in [7, 11) is 0. The van der Waals surface area contributed by atoms with Gasteiger partial charge >= 0.3 is 0 Å². The molecule has 0 aliphatic carbocycles. The molecule has 0 atom stereocenters. The molecule has 2 rings (SSSR count). The maximum atomic E-state index is 12.0. The number of anilines is 2. The third-order valence-electron chi connectivity index (χ3n) is 2.61. The van der Waals surface area contributed by atoms with Gasteiger partial charge in [0.15, 0.2) is 0 Å². The molecule has 3 nitrogen and oxygen atoms in total. The van der Waals surface area contributed by atoms with Crippen LogP contribution in [0.15, 0.2) is 51.4 Å². The number of carbonyl (C=O) groups is 1. The Labute approximate surface area is 128 Å². The fraction of sp³-hybridized carbons (Fsp3) is 0.0714. The number of nitrogens with one attached hydrogen (secondary N) is 1. The van der Waals surface area contributed by atoms with E-state index in [1.165, 1.54) is 0 Å². The Hall–Kier alpha value is -1.33. The molecule has 5 heteroatoms. The number of hydrogen-bond donors (Lipinski definition) is 2. The Bertz CT molecular complexity index is 614. The predicted octanol–water partition coefficient (Wildman–Crippen LogP) is 3.98. The van der Waals surface area contributed by atoms with Crippen LogP contribution in [0.4, 0.5) is 11.4 Å². The first-order chi connectivity index (χ1) is 9.06. The van der Waals surface area contributed by atoms with Gasteiger partial charge in [-0.2, -0.15) is 0 Å². The highest BCUT2D eigenvalue weighted by atomic mass is 79.9. The summed E-state index contributed by atoms with van der Waals surface area (Å²) < 4.78 is 1.75. The second kappa shape index (κ2) is 6.21. The first kappa shape index (κ1) is 14.1. The minimum atomic E-state index is -0.100. The quantitative estimate of drug-likeness (QED) is 0.787. The maximum Gasteiger partial charge on any atom is 0.228 e. The van der Waals surface area contributed by atoms with Gasteiger partial charge in [0, 0.05) is 14.6 Å². The van der Waals surface area contributed by atoms with Crippen molar-refractivity contribution in [3.05, 3.63) is 57.0 Å². The van der Waals surface area contributed by atoms with Crippen molar-refractivity contribution in [2.45, 2.75) is 6.42 Å².